The Labute approximate surface area is 235 Å². The molecule has 4 nitrogen and oxygen atoms in total. The van der Waals surface area contributed by atoms with Crippen LogP contribution < -0.4 is 0 Å². The molecular weight excluding hydrogens is 514 g/mol. The lowest BCUT2D eigenvalue weighted by Crippen LogP contribution is -2.29. The Kier molecular flexibility index (Phi) is 5.42. The van der Waals surface area contributed by atoms with Gasteiger partial charge in [0.2, 0.25) is 12.4 Å². The van der Waals surface area contributed by atoms with Crippen molar-refractivity contribution >= 4 is 17.0 Å². The second-order valence-corrected chi connectivity index (χ2v) is 10.6. The lowest BCUT2D eigenvalue weighted by molar-refractivity contribution is 0.545. The Bertz CT molecular complexity index is 1980. The van der Waals surface area contributed by atoms with Gasteiger partial charge in [0, 0.05) is 28.0 Å². The van der Waals surface area contributed by atoms with Gasteiger partial charge in [0.15, 0.2) is 0 Å². The molecule has 0 aromatic heterocycles. The molecule has 2 unspecified atom stereocenters. The quantitative estimate of drug-likeness (QED) is 0.217. The van der Waals surface area contributed by atoms with Crippen molar-refractivity contribution in [3.05, 3.63) is 137 Å². The first-order chi connectivity index (χ1) is 19.9. The van der Waals surface area contributed by atoms with Crippen molar-refractivity contribution in [1.82, 2.24) is 0 Å². The third-order valence-corrected chi connectivity index (χ3v) is 8.42. The number of nitriles is 2. The molecule has 0 fully saturated rings. The van der Waals surface area contributed by atoms with Crippen molar-refractivity contribution in [3.63, 3.8) is 0 Å². The van der Waals surface area contributed by atoms with Crippen LogP contribution >= 0.6 is 0 Å². The molecule has 0 spiro atoms. The van der Waals surface area contributed by atoms with Crippen LogP contribution in [-0.2, 0) is 5.41 Å². The standard InChI is InChI=1S/C35H20F2N4/c1-35-13-12-23(21-4-9-25(37)10-5-21)15-32(35)34(41-19-39)30-16-27-26-11-6-22(20-2-7-24(36)8-3-20)14-28(26)33(40-18-38)29(27)17-31(30)35/h2-17,32H,1H3. The van der Waals surface area contributed by atoms with Gasteiger partial charge in [-0.15, -0.1) is 0 Å². The van der Waals surface area contributed by atoms with Crippen molar-refractivity contribution in [1.29, 1.82) is 10.5 Å². The molecule has 0 aliphatic heterocycles. The maximum Gasteiger partial charge on any atom is 0.206 e. The zero-order chi connectivity index (χ0) is 28.3. The van der Waals surface area contributed by atoms with E-state index in [1.807, 2.05) is 36.7 Å². The summed E-state index contributed by atoms with van der Waals surface area (Å²) in [6.45, 7) is 2.12. The van der Waals surface area contributed by atoms with Crippen LogP contribution in [0.2, 0.25) is 0 Å². The van der Waals surface area contributed by atoms with E-state index in [1.165, 1.54) is 24.3 Å². The lowest BCUT2D eigenvalue weighted by atomic mass is 9.71. The molecule has 3 aliphatic carbocycles. The molecule has 7 rings (SSSR count). The fraction of sp³-hybridized carbons (Fsp3) is 0.0857. The van der Waals surface area contributed by atoms with Crippen LogP contribution in [0.1, 0.15) is 34.7 Å². The third-order valence-electron chi connectivity index (χ3n) is 8.42. The fourth-order valence-electron chi connectivity index (χ4n) is 6.37. The SMILES string of the molecule is CC12C=CC(c3ccc(F)cc3)=CC1C(=NC#N)c1cc3c(cc12)C(=NC#N)c1cc(-c2ccc(F)cc2)ccc1-3. The second-order valence-electron chi connectivity index (χ2n) is 10.6. The van der Waals surface area contributed by atoms with Gasteiger partial charge in [-0.25, -0.2) is 8.78 Å². The summed E-state index contributed by atoms with van der Waals surface area (Å²) in [4.78, 5) is 8.55. The van der Waals surface area contributed by atoms with E-state index in [4.69, 9.17) is 0 Å². The number of fused-ring (bicyclic) bond motifs is 6. The van der Waals surface area contributed by atoms with Gasteiger partial charge in [-0.2, -0.15) is 20.5 Å². The molecule has 0 saturated carbocycles. The van der Waals surface area contributed by atoms with Crippen molar-refractivity contribution in [2.24, 2.45) is 15.9 Å². The minimum absolute atomic E-state index is 0.207. The molecule has 4 aromatic carbocycles. The number of benzene rings is 4. The third kappa shape index (κ3) is 3.69. The average Bonchev–Trinajstić information content (AvgIpc) is 3.41. The van der Waals surface area contributed by atoms with E-state index in [1.54, 1.807) is 24.3 Å². The van der Waals surface area contributed by atoms with E-state index < -0.39 is 5.41 Å². The summed E-state index contributed by atoms with van der Waals surface area (Å²) in [5.41, 5.74) is 9.72. The monoisotopic (exact) mass is 534 g/mol. The lowest BCUT2D eigenvalue weighted by Gasteiger charge is -2.31. The van der Waals surface area contributed by atoms with Gasteiger partial charge in [0.25, 0.3) is 0 Å². The summed E-state index contributed by atoms with van der Waals surface area (Å²) < 4.78 is 27.1. The van der Waals surface area contributed by atoms with E-state index >= 15 is 0 Å². The Morgan fingerprint density at radius 3 is 2.00 bits per heavy atom. The molecule has 2 atom stereocenters. The molecule has 3 aliphatic rings. The first kappa shape index (κ1) is 24.6. The maximum absolute atomic E-state index is 13.6. The van der Waals surface area contributed by atoms with Gasteiger partial charge in [0.1, 0.15) is 11.6 Å². The zero-order valence-electron chi connectivity index (χ0n) is 21.9. The summed E-state index contributed by atoms with van der Waals surface area (Å²) in [7, 11) is 0. The van der Waals surface area contributed by atoms with Crippen molar-refractivity contribution in [2.75, 3.05) is 0 Å². The number of halogens is 2. The topological polar surface area (TPSA) is 72.3 Å². The molecule has 0 N–H and O–H groups in total. The number of nitrogens with zero attached hydrogens (tertiary/aromatic N) is 4. The number of hydrogen-bond donors (Lipinski definition) is 0. The van der Waals surface area contributed by atoms with Gasteiger partial charge in [0.05, 0.1) is 11.4 Å². The minimum Gasteiger partial charge on any atom is -0.207 e. The largest absolute Gasteiger partial charge is 0.207 e. The van der Waals surface area contributed by atoms with E-state index in [0.29, 0.717) is 11.4 Å². The highest BCUT2D eigenvalue weighted by Crippen LogP contribution is 2.52. The van der Waals surface area contributed by atoms with Crippen LogP contribution in [0.3, 0.4) is 0 Å². The predicted octanol–water partition coefficient (Wildman–Crippen LogP) is 7.74. The Hall–Kier alpha value is -5.46. The first-order valence-corrected chi connectivity index (χ1v) is 13.1. The van der Waals surface area contributed by atoms with Crippen molar-refractivity contribution < 1.29 is 8.78 Å². The number of aliphatic imine (C=N–C) groups is 2. The summed E-state index contributed by atoms with van der Waals surface area (Å²) in [5, 5.41) is 19.3. The number of hydrogen-bond acceptors (Lipinski definition) is 4. The normalized spacial score (nSPS) is 21.5. The molecular formula is C35H20F2N4. The van der Waals surface area contributed by atoms with Gasteiger partial charge in [-0.1, -0.05) is 61.5 Å². The highest BCUT2D eigenvalue weighted by Gasteiger charge is 2.47. The Morgan fingerprint density at radius 2 is 1.32 bits per heavy atom. The van der Waals surface area contributed by atoms with Crippen LogP contribution in [0.4, 0.5) is 8.78 Å². The first-order valence-electron chi connectivity index (χ1n) is 13.1. The van der Waals surface area contributed by atoms with Crippen LogP contribution in [-0.4, -0.2) is 11.4 Å². The van der Waals surface area contributed by atoms with Crippen LogP contribution in [0.5, 0.6) is 0 Å². The van der Waals surface area contributed by atoms with Crippen molar-refractivity contribution in [2.45, 2.75) is 12.3 Å². The van der Waals surface area contributed by atoms with Gasteiger partial charge < -0.3 is 0 Å². The van der Waals surface area contributed by atoms with Crippen LogP contribution in [0.25, 0.3) is 27.8 Å². The van der Waals surface area contributed by atoms with E-state index in [-0.39, 0.29) is 17.6 Å². The van der Waals surface area contributed by atoms with Crippen LogP contribution in [0.15, 0.2) is 107 Å². The molecule has 0 radical (unpaired) electrons. The minimum atomic E-state index is -0.491. The summed E-state index contributed by atoms with van der Waals surface area (Å²) in [6.07, 6.45) is 10.2. The predicted molar refractivity (Wildman–Crippen MR) is 155 cm³/mol. The highest BCUT2D eigenvalue weighted by atomic mass is 19.1. The van der Waals surface area contributed by atoms with E-state index in [9.17, 15) is 19.3 Å². The maximum atomic E-state index is 13.6. The molecule has 0 heterocycles. The van der Waals surface area contributed by atoms with E-state index in [2.05, 4.69) is 41.2 Å². The highest BCUT2D eigenvalue weighted by molar-refractivity contribution is 6.26. The van der Waals surface area contributed by atoms with Crippen molar-refractivity contribution in [3.8, 4) is 34.6 Å². The Morgan fingerprint density at radius 1 is 0.683 bits per heavy atom. The summed E-state index contributed by atoms with van der Waals surface area (Å²) >= 11 is 0. The molecule has 6 heteroatoms. The summed E-state index contributed by atoms with van der Waals surface area (Å²) in [5.74, 6) is -0.809. The molecule has 0 saturated heterocycles. The average molecular weight is 535 g/mol. The molecule has 41 heavy (non-hydrogen) atoms. The second kappa shape index (κ2) is 9.05. The number of allylic oxidation sites excluding steroid dienone is 4. The Balaban J connectivity index is 1.39. The van der Waals surface area contributed by atoms with Crippen LogP contribution in [0, 0.1) is 40.5 Å². The molecule has 4 aromatic rings. The van der Waals surface area contributed by atoms with Gasteiger partial charge in [-0.05, 0) is 81.4 Å². The zero-order valence-corrected chi connectivity index (χ0v) is 21.9. The van der Waals surface area contributed by atoms with Gasteiger partial charge in [-0.3, -0.25) is 0 Å². The molecule has 194 valence electrons. The fourth-order valence-corrected chi connectivity index (χ4v) is 6.37. The van der Waals surface area contributed by atoms with Gasteiger partial charge >= 0.3 is 0 Å². The summed E-state index contributed by atoms with van der Waals surface area (Å²) in [6, 6.07) is 22.7. The molecule has 0 amide bonds. The smallest absolute Gasteiger partial charge is 0.206 e. The number of rotatable bonds is 2. The molecule has 0 bridgehead atoms. The van der Waals surface area contributed by atoms with E-state index in [0.717, 1.165) is 55.6 Å².